The zero-order chi connectivity index (χ0) is 18.1. The van der Waals surface area contributed by atoms with Crippen molar-refractivity contribution in [3.8, 4) is 22.4 Å². The number of nitrogen functional groups attached to an aromatic ring is 1. The molecule has 0 aliphatic carbocycles. The van der Waals surface area contributed by atoms with E-state index >= 15 is 0 Å². The average molecular weight is 423 g/mol. The van der Waals surface area contributed by atoms with E-state index in [1.807, 2.05) is 18.2 Å². The first-order valence-electron chi connectivity index (χ1n) is 7.97. The van der Waals surface area contributed by atoms with Crippen molar-refractivity contribution in [3.05, 3.63) is 65.4 Å². The molecule has 0 amide bonds. The highest BCUT2D eigenvalue weighted by Crippen LogP contribution is 2.34. The van der Waals surface area contributed by atoms with Crippen LogP contribution < -0.4 is 5.73 Å². The van der Waals surface area contributed by atoms with E-state index in [0.29, 0.717) is 11.5 Å². The summed E-state index contributed by atoms with van der Waals surface area (Å²) in [6, 6.07) is 18.5. The predicted octanol–water partition coefficient (Wildman–Crippen LogP) is 5.43. The number of nitrogens with two attached hydrogens (primary N) is 1. The molecule has 0 bridgehead atoms. The first-order valence-corrected chi connectivity index (χ1v) is 9.99. The largest absolute Gasteiger partial charge is 0.383 e. The van der Waals surface area contributed by atoms with Crippen LogP contribution >= 0.6 is 27.7 Å². The van der Waals surface area contributed by atoms with Crippen LogP contribution in [0.25, 0.3) is 33.4 Å². The number of hydrogen-bond donors (Lipinski definition) is 1. The zero-order valence-electron chi connectivity index (χ0n) is 14.0. The van der Waals surface area contributed by atoms with E-state index < -0.39 is 0 Å². The Labute approximate surface area is 164 Å². The third kappa shape index (κ3) is 3.18. The van der Waals surface area contributed by atoms with Gasteiger partial charge in [-0.1, -0.05) is 40.2 Å². The van der Waals surface area contributed by atoms with Crippen LogP contribution in [0.3, 0.4) is 0 Å². The second-order valence-corrected chi connectivity index (χ2v) is 7.55. The summed E-state index contributed by atoms with van der Waals surface area (Å²) in [5.41, 5.74) is 10.7. The Kier molecular flexibility index (Phi) is 4.61. The summed E-state index contributed by atoms with van der Waals surface area (Å²) >= 11 is 5.26. The third-order valence-corrected chi connectivity index (χ3v) is 5.39. The quantitative estimate of drug-likeness (QED) is 0.446. The molecule has 2 aromatic heterocycles. The van der Waals surface area contributed by atoms with Crippen LogP contribution in [0.5, 0.6) is 0 Å². The van der Waals surface area contributed by atoms with Gasteiger partial charge in [0.2, 0.25) is 0 Å². The van der Waals surface area contributed by atoms with Crippen molar-refractivity contribution < 1.29 is 0 Å². The van der Waals surface area contributed by atoms with Gasteiger partial charge < -0.3 is 5.73 Å². The molecule has 4 aromatic rings. The molecular weight excluding hydrogens is 408 g/mol. The molecule has 6 heteroatoms. The molecule has 4 rings (SSSR count). The Morgan fingerprint density at radius 3 is 2.50 bits per heavy atom. The van der Waals surface area contributed by atoms with Gasteiger partial charge in [-0.15, -0.1) is 11.8 Å². The van der Waals surface area contributed by atoms with Gasteiger partial charge in [0.1, 0.15) is 12.1 Å². The summed E-state index contributed by atoms with van der Waals surface area (Å²) in [6.45, 7) is 0. The lowest BCUT2D eigenvalue weighted by molar-refractivity contribution is 1.19. The topological polar surface area (TPSA) is 64.7 Å². The van der Waals surface area contributed by atoms with Crippen molar-refractivity contribution in [1.29, 1.82) is 0 Å². The normalized spacial score (nSPS) is 11.0. The maximum Gasteiger partial charge on any atom is 0.165 e. The predicted molar refractivity (Wildman–Crippen MR) is 112 cm³/mol. The van der Waals surface area contributed by atoms with E-state index in [-0.39, 0.29) is 0 Å². The number of anilines is 1. The van der Waals surface area contributed by atoms with Crippen molar-refractivity contribution in [2.24, 2.45) is 0 Å². The number of hydrogen-bond acceptors (Lipinski definition) is 5. The van der Waals surface area contributed by atoms with Crippen molar-refractivity contribution in [3.63, 3.8) is 0 Å². The lowest BCUT2D eigenvalue weighted by Crippen LogP contribution is -1.98. The molecular formula is C20H15BrN4S. The van der Waals surface area contributed by atoms with Gasteiger partial charge in [-0.2, -0.15) is 0 Å². The van der Waals surface area contributed by atoms with Crippen LogP contribution in [-0.4, -0.2) is 21.2 Å². The van der Waals surface area contributed by atoms with Gasteiger partial charge >= 0.3 is 0 Å². The minimum Gasteiger partial charge on any atom is -0.383 e. The van der Waals surface area contributed by atoms with Gasteiger partial charge in [-0.05, 0) is 47.7 Å². The highest BCUT2D eigenvalue weighted by molar-refractivity contribution is 9.10. The van der Waals surface area contributed by atoms with Crippen LogP contribution in [0, 0.1) is 0 Å². The minimum atomic E-state index is 0.432. The van der Waals surface area contributed by atoms with E-state index in [1.165, 1.54) is 11.2 Å². The maximum absolute atomic E-state index is 6.15. The smallest absolute Gasteiger partial charge is 0.165 e. The minimum absolute atomic E-state index is 0.432. The molecule has 0 spiro atoms. The van der Waals surface area contributed by atoms with E-state index in [9.17, 15) is 0 Å². The first kappa shape index (κ1) is 17.0. The van der Waals surface area contributed by atoms with Crippen molar-refractivity contribution in [1.82, 2.24) is 15.0 Å². The van der Waals surface area contributed by atoms with Crippen molar-refractivity contribution >= 4 is 44.5 Å². The number of nitrogens with zero attached hydrogens (tertiary/aromatic N) is 3. The zero-order valence-corrected chi connectivity index (χ0v) is 16.4. The van der Waals surface area contributed by atoms with E-state index in [4.69, 9.17) is 10.7 Å². The molecule has 4 nitrogen and oxygen atoms in total. The summed E-state index contributed by atoms with van der Waals surface area (Å²) in [6.07, 6.45) is 3.52. The fourth-order valence-electron chi connectivity index (χ4n) is 2.88. The Balaban J connectivity index is 1.98. The molecule has 0 aliphatic heterocycles. The number of benzene rings is 2. The summed E-state index contributed by atoms with van der Waals surface area (Å²) in [5.74, 6) is 0.432. The van der Waals surface area contributed by atoms with Gasteiger partial charge in [0, 0.05) is 14.9 Å². The molecule has 2 N–H and O–H groups in total. The first-order chi connectivity index (χ1) is 12.7. The molecule has 0 fully saturated rings. The maximum atomic E-state index is 6.15. The monoisotopic (exact) mass is 422 g/mol. The summed E-state index contributed by atoms with van der Waals surface area (Å²) in [7, 11) is 0. The molecule has 0 saturated heterocycles. The number of rotatable bonds is 3. The number of aromatic nitrogens is 3. The van der Waals surface area contributed by atoms with Crippen molar-refractivity contribution in [2.45, 2.75) is 4.90 Å². The molecule has 2 aromatic carbocycles. The van der Waals surface area contributed by atoms with Gasteiger partial charge in [-0.25, -0.2) is 15.0 Å². The molecule has 128 valence electrons. The Morgan fingerprint density at radius 1 is 0.962 bits per heavy atom. The van der Waals surface area contributed by atoms with Gasteiger partial charge in [0.25, 0.3) is 0 Å². The van der Waals surface area contributed by atoms with Crippen LogP contribution in [-0.2, 0) is 0 Å². The van der Waals surface area contributed by atoms with Gasteiger partial charge in [-0.3, -0.25) is 0 Å². The highest BCUT2D eigenvalue weighted by atomic mass is 79.9. The van der Waals surface area contributed by atoms with E-state index in [2.05, 4.69) is 68.6 Å². The number of thioether (sulfide) groups is 1. The van der Waals surface area contributed by atoms with Gasteiger partial charge in [0.15, 0.2) is 5.65 Å². The molecule has 0 radical (unpaired) electrons. The SMILES string of the molecule is CSc1ccc(-c2cc(-c3cccc(Br)c3)c3c(N)ncnc3n2)cc1. The summed E-state index contributed by atoms with van der Waals surface area (Å²) in [4.78, 5) is 14.4. The Morgan fingerprint density at radius 2 is 1.77 bits per heavy atom. The van der Waals surface area contributed by atoms with Crippen LogP contribution in [0.4, 0.5) is 5.82 Å². The average Bonchev–Trinajstić information content (AvgIpc) is 2.67. The lowest BCUT2D eigenvalue weighted by atomic mass is 10.00. The molecule has 0 saturated carbocycles. The molecule has 0 aliphatic rings. The van der Waals surface area contributed by atoms with Crippen molar-refractivity contribution in [2.75, 3.05) is 12.0 Å². The second-order valence-electron chi connectivity index (χ2n) is 5.75. The lowest BCUT2D eigenvalue weighted by Gasteiger charge is -2.11. The summed E-state index contributed by atoms with van der Waals surface area (Å²) < 4.78 is 1.00. The molecule has 26 heavy (non-hydrogen) atoms. The van der Waals surface area contributed by atoms with Crippen LogP contribution in [0.15, 0.2) is 70.3 Å². The molecule has 2 heterocycles. The van der Waals surface area contributed by atoms with E-state index in [0.717, 1.165) is 32.2 Å². The third-order valence-electron chi connectivity index (χ3n) is 4.15. The van der Waals surface area contributed by atoms with Crippen LogP contribution in [0.2, 0.25) is 0 Å². The number of fused-ring (bicyclic) bond motifs is 1. The molecule has 0 atom stereocenters. The fourth-order valence-corrected chi connectivity index (χ4v) is 3.69. The van der Waals surface area contributed by atoms with Gasteiger partial charge in [0.05, 0.1) is 11.1 Å². The molecule has 0 unspecified atom stereocenters. The number of pyridine rings is 1. The fraction of sp³-hybridized carbons (Fsp3) is 0.0500. The number of halogens is 1. The van der Waals surface area contributed by atoms with Crippen LogP contribution in [0.1, 0.15) is 0 Å². The van der Waals surface area contributed by atoms with E-state index in [1.54, 1.807) is 11.8 Å². The summed E-state index contributed by atoms with van der Waals surface area (Å²) in [5, 5.41) is 0.773. The Hall–Kier alpha value is -2.44. The highest BCUT2D eigenvalue weighted by Gasteiger charge is 2.14. The standard InChI is InChI=1S/C20H15BrN4S/c1-26-15-7-5-12(6-8-15)17-10-16(13-3-2-4-14(21)9-13)18-19(22)23-11-24-20(18)25-17/h2-11H,1H3,(H2,22,23,24,25). The second kappa shape index (κ2) is 7.05. The Bertz CT molecular complexity index is 1100.